The van der Waals surface area contributed by atoms with Crippen LogP contribution in [0.5, 0.6) is 17.2 Å². The number of Topliss-reactive ketones (excluding diaryl/α,β-unsaturated/α-hetero) is 1. The van der Waals surface area contributed by atoms with Crippen LogP contribution in [0, 0.1) is 0 Å². The minimum Gasteiger partial charge on any atom is -0.507 e. The van der Waals surface area contributed by atoms with Crippen LogP contribution in [0.2, 0.25) is 0 Å². The van der Waals surface area contributed by atoms with Gasteiger partial charge in [0, 0.05) is 29.2 Å². The van der Waals surface area contributed by atoms with E-state index in [2.05, 4.69) is 0 Å². The number of phenols is 2. The molecule has 0 spiro atoms. The Labute approximate surface area is 223 Å². The quantitative estimate of drug-likeness (QED) is 0.245. The fraction of sp³-hybridized carbons (Fsp3) is 0.464. The molecule has 11 nitrogen and oxygen atoms in total. The van der Waals surface area contributed by atoms with Gasteiger partial charge < -0.3 is 40.7 Å². The molecule has 0 saturated carbocycles. The SMILES string of the molecule is COc1cccc2c1C(=O)c1c(O)c3c(c(O)c1C2=O)C[C@@](O)(C(=O)CO)C[C@@H]3CC1C[C@H](N)[C@H](O)[C@H](C)O1. The number of nitrogens with two attached hydrogens (primary N) is 1. The van der Waals surface area contributed by atoms with E-state index in [-0.39, 0.29) is 52.8 Å². The molecule has 2 aliphatic carbocycles. The first kappa shape index (κ1) is 27.2. The Morgan fingerprint density at radius 3 is 2.49 bits per heavy atom. The molecule has 1 saturated heterocycles. The zero-order valence-corrected chi connectivity index (χ0v) is 21.5. The summed E-state index contributed by atoms with van der Waals surface area (Å²) >= 11 is 0. The van der Waals surface area contributed by atoms with Gasteiger partial charge in [0.05, 0.1) is 42.1 Å². The van der Waals surface area contributed by atoms with Crippen LogP contribution in [0.3, 0.4) is 0 Å². The predicted molar refractivity (Wildman–Crippen MR) is 135 cm³/mol. The van der Waals surface area contributed by atoms with E-state index in [0.717, 1.165) is 0 Å². The molecule has 3 aliphatic rings. The van der Waals surface area contributed by atoms with Crippen LogP contribution in [0.25, 0.3) is 0 Å². The molecular formula is C28H31NO10. The molecule has 39 heavy (non-hydrogen) atoms. The van der Waals surface area contributed by atoms with Gasteiger partial charge in [0.1, 0.15) is 29.5 Å². The number of ether oxygens (including phenoxy) is 2. The fourth-order valence-electron chi connectivity index (χ4n) is 6.37. The molecule has 6 atom stereocenters. The van der Waals surface area contributed by atoms with Crippen molar-refractivity contribution in [2.45, 2.75) is 68.5 Å². The van der Waals surface area contributed by atoms with Crippen molar-refractivity contribution in [1.82, 2.24) is 0 Å². The van der Waals surface area contributed by atoms with E-state index >= 15 is 0 Å². The van der Waals surface area contributed by atoms with Gasteiger partial charge in [-0.25, -0.2) is 0 Å². The van der Waals surface area contributed by atoms with Crippen molar-refractivity contribution in [2.75, 3.05) is 13.7 Å². The van der Waals surface area contributed by atoms with E-state index in [1.807, 2.05) is 0 Å². The van der Waals surface area contributed by atoms with E-state index in [4.69, 9.17) is 15.2 Å². The van der Waals surface area contributed by atoms with Crippen molar-refractivity contribution in [3.05, 3.63) is 51.6 Å². The summed E-state index contributed by atoms with van der Waals surface area (Å²) in [6.07, 6.45) is -2.45. The second-order valence-corrected chi connectivity index (χ2v) is 10.7. The highest BCUT2D eigenvalue weighted by Crippen LogP contribution is 2.53. The lowest BCUT2D eigenvalue weighted by molar-refractivity contribution is -0.144. The smallest absolute Gasteiger partial charge is 0.202 e. The molecule has 0 amide bonds. The maximum atomic E-state index is 13.7. The Bertz CT molecular complexity index is 1380. The Hall–Kier alpha value is -3.35. The standard InChI is InChI=1S/C28H31NO10/c1-11-23(32)16(29)7-13(39-11)6-12-8-28(37,18(31)10-30)9-15-19(12)26(35)22-21(25(15)34)24(33)14-4-3-5-17(38-2)20(14)27(22)36/h3-5,11-13,16,23,30,32,34-35,37H,6-10,29H2,1-2H3/t11-,12-,13?,16-,23+,28+/m0/s1. The number of aromatic hydroxyl groups is 2. The summed E-state index contributed by atoms with van der Waals surface area (Å²) < 4.78 is 11.2. The molecule has 1 aliphatic heterocycles. The minimum absolute atomic E-state index is 0.0207. The van der Waals surface area contributed by atoms with Crippen molar-refractivity contribution in [1.29, 1.82) is 0 Å². The summed E-state index contributed by atoms with van der Waals surface area (Å²) in [6.45, 7) is 0.695. The lowest BCUT2D eigenvalue weighted by Crippen LogP contribution is -2.52. The van der Waals surface area contributed by atoms with E-state index < -0.39 is 83.3 Å². The molecule has 208 valence electrons. The second kappa shape index (κ2) is 9.68. The number of benzene rings is 2. The molecule has 11 heteroatoms. The molecule has 2 aromatic carbocycles. The zero-order valence-electron chi connectivity index (χ0n) is 21.5. The number of phenolic OH excluding ortho intramolecular Hbond substituents is 2. The summed E-state index contributed by atoms with van der Waals surface area (Å²) in [5.74, 6) is -4.20. The molecule has 7 N–H and O–H groups in total. The van der Waals surface area contributed by atoms with Gasteiger partial charge in [-0.3, -0.25) is 14.4 Å². The first-order valence-electron chi connectivity index (χ1n) is 12.8. The number of methoxy groups -OCH3 is 1. The molecule has 0 bridgehead atoms. The number of aliphatic hydroxyl groups is 3. The van der Waals surface area contributed by atoms with Crippen molar-refractivity contribution in [2.24, 2.45) is 5.73 Å². The molecule has 1 unspecified atom stereocenters. The molecule has 0 aromatic heterocycles. The van der Waals surface area contributed by atoms with Gasteiger partial charge in [0.2, 0.25) is 5.78 Å². The lowest BCUT2D eigenvalue weighted by atomic mass is 9.67. The third kappa shape index (κ3) is 4.12. The van der Waals surface area contributed by atoms with Crippen molar-refractivity contribution in [3.8, 4) is 17.2 Å². The summed E-state index contributed by atoms with van der Waals surface area (Å²) in [4.78, 5) is 39.9. The van der Waals surface area contributed by atoms with Gasteiger partial charge >= 0.3 is 0 Å². The summed E-state index contributed by atoms with van der Waals surface area (Å²) in [5.41, 5.74) is 3.13. The third-order valence-electron chi connectivity index (χ3n) is 8.30. The summed E-state index contributed by atoms with van der Waals surface area (Å²) in [6, 6.07) is 3.83. The number of aliphatic hydroxyl groups excluding tert-OH is 2. The zero-order chi connectivity index (χ0) is 28.4. The molecule has 1 fully saturated rings. The van der Waals surface area contributed by atoms with Crippen LogP contribution in [-0.4, -0.2) is 86.6 Å². The van der Waals surface area contributed by atoms with Gasteiger partial charge in [-0.15, -0.1) is 0 Å². The molecular weight excluding hydrogens is 510 g/mol. The third-order valence-corrected chi connectivity index (χ3v) is 8.30. The van der Waals surface area contributed by atoms with Crippen LogP contribution in [0.1, 0.15) is 75.1 Å². The van der Waals surface area contributed by atoms with E-state index in [9.17, 15) is 39.9 Å². The monoisotopic (exact) mass is 541 g/mol. The highest BCUT2D eigenvalue weighted by atomic mass is 16.5. The number of carbonyl (C=O) groups is 3. The van der Waals surface area contributed by atoms with Crippen LogP contribution >= 0.6 is 0 Å². The molecule has 1 heterocycles. The summed E-state index contributed by atoms with van der Waals surface area (Å²) in [7, 11) is 1.34. The Balaban J connectivity index is 1.69. The Kier molecular flexibility index (Phi) is 6.76. The van der Waals surface area contributed by atoms with E-state index in [0.29, 0.717) is 0 Å². The van der Waals surface area contributed by atoms with Crippen molar-refractivity contribution < 1.29 is 49.4 Å². The highest BCUT2D eigenvalue weighted by Gasteiger charge is 2.49. The van der Waals surface area contributed by atoms with E-state index in [1.165, 1.54) is 25.3 Å². The van der Waals surface area contributed by atoms with Gasteiger partial charge in [-0.2, -0.15) is 0 Å². The summed E-state index contributed by atoms with van der Waals surface area (Å²) in [5, 5.41) is 54.0. The lowest BCUT2D eigenvalue weighted by Gasteiger charge is -2.42. The molecule has 2 aromatic rings. The van der Waals surface area contributed by atoms with Crippen LogP contribution in [0.15, 0.2) is 18.2 Å². The van der Waals surface area contributed by atoms with Gasteiger partial charge in [0.15, 0.2) is 11.6 Å². The van der Waals surface area contributed by atoms with E-state index in [1.54, 1.807) is 6.92 Å². The topological polar surface area (TPSA) is 197 Å². The Morgan fingerprint density at radius 1 is 1.15 bits per heavy atom. The minimum atomic E-state index is -2.12. The van der Waals surface area contributed by atoms with Crippen molar-refractivity contribution in [3.63, 3.8) is 0 Å². The normalized spacial score (nSPS) is 29.8. The number of fused-ring (bicyclic) bond motifs is 3. The van der Waals surface area contributed by atoms with Crippen LogP contribution in [0.4, 0.5) is 0 Å². The molecule has 5 rings (SSSR count). The van der Waals surface area contributed by atoms with Gasteiger partial charge in [-0.1, -0.05) is 12.1 Å². The largest absolute Gasteiger partial charge is 0.507 e. The fourth-order valence-corrected chi connectivity index (χ4v) is 6.37. The van der Waals surface area contributed by atoms with Crippen LogP contribution in [-0.2, 0) is 16.0 Å². The number of ketones is 3. The van der Waals surface area contributed by atoms with Gasteiger partial charge in [-0.05, 0) is 38.2 Å². The number of carbonyl (C=O) groups excluding carboxylic acids is 3. The number of hydrogen-bond acceptors (Lipinski definition) is 11. The average Bonchev–Trinajstić information content (AvgIpc) is 2.90. The maximum Gasteiger partial charge on any atom is 0.202 e. The predicted octanol–water partition coefficient (Wildman–Crippen LogP) is 0.460. The van der Waals surface area contributed by atoms with Gasteiger partial charge in [0.25, 0.3) is 0 Å². The maximum absolute atomic E-state index is 13.7. The first-order valence-corrected chi connectivity index (χ1v) is 12.8. The van der Waals surface area contributed by atoms with Crippen LogP contribution < -0.4 is 10.5 Å². The first-order chi connectivity index (χ1) is 18.4. The molecule has 0 radical (unpaired) electrons. The second-order valence-electron chi connectivity index (χ2n) is 10.7. The number of rotatable bonds is 5. The highest BCUT2D eigenvalue weighted by molar-refractivity contribution is 6.31. The van der Waals surface area contributed by atoms with Crippen molar-refractivity contribution >= 4 is 17.3 Å². The average molecular weight is 542 g/mol. The Morgan fingerprint density at radius 2 is 1.85 bits per heavy atom. The number of hydrogen-bond donors (Lipinski definition) is 6.